The van der Waals surface area contributed by atoms with E-state index >= 15 is 0 Å². The van der Waals surface area contributed by atoms with E-state index in [0.29, 0.717) is 22.7 Å². The normalized spacial score (nSPS) is 16.0. The zero-order chi connectivity index (χ0) is 30.4. The van der Waals surface area contributed by atoms with Crippen LogP contribution < -0.4 is 5.32 Å². The summed E-state index contributed by atoms with van der Waals surface area (Å²) in [5.41, 5.74) is 3.34. The quantitative estimate of drug-likeness (QED) is 0.291. The zero-order valence-corrected chi connectivity index (χ0v) is 21.3. The van der Waals surface area contributed by atoms with E-state index in [-0.39, 0.29) is 13.2 Å². The Bertz CT molecular complexity index is 1470. The molecule has 212 valence electrons. The van der Waals surface area contributed by atoms with Crippen LogP contribution in [0.3, 0.4) is 0 Å². The highest BCUT2D eigenvalue weighted by molar-refractivity contribution is 5.96. The van der Waals surface area contributed by atoms with Gasteiger partial charge in [-0.3, -0.25) is 4.79 Å². The Kier molecular flexibility index (Phi) is 11.8. The maximum atomic E-state index is 11.7. The fourth-order valence-electron chi connectivity index (χ4n) is 2.88. The second-order valence-electron chi connectivity index (χ2n) is 7.74. The number of aliphatic imine (C=N–C) groups is 3. The van der Waals surface area contributed by atoms with Gasteiger partial charge in [0.05, 0.1) is 17.1 Å². The predicted octanol–water partition coefficient (Wildman–Crippen LogP) is 2.97. The minimum atomic E-state index is -1.18. The highest BCUT2D eigenvalue weighted by Gasteiger charge is 2.32. The molecule has 0 aliphatic carbocycles. The molecule has 2 unspecified atom stereocenters. The number of carboxylic acid groups (broad SMARTS) is 1. The molecule has 4 rings (SSSR count). The largest absolute Gasteiger partial charge is 0.509 e. The number of carbonyl (C=O) groups is 4. The number of cyclic esters (lactones) is 4. The summed E-state index contributed by atoms with van der Waals surface area (Å²) in [7, 11) is 0. The molecule has 2 saturated heterocycles. The molecule has 2 fully saturated rings. The lowest BCUT2D eigenvalue weighted by atomic mass is 10.2. The number of nitrogens with zero attached hydrogens (tertiary/aromatic N) is 3. The van der Waals surface area contributed by atoms with Gasteiger partial charge in [-0.2, -0.15) is 15.0 Å². The van der Waals surface area contributed by atoms with E-state index in [1.165, 1.54) is 30.4 Å². The molecule has 16 heteroatoms. The molecule has 0 bridgehead atoms. The van der Waals surface area contributed by atoms with Gasteiger partial charge in [-0.15, -0.1) is 0 Å². The lowest BCUT2D eigenvalue weighted by molar-refractivity contribution is -0.144. The van der Waals surface area contributed by atoms with Crippen molar-refractivity contribution in [1.82, 2.24) is 0 Å². The maximum Gasteiger partial charge on any atom is 0.509 e. The van der Waals surface area contributed by atoms with Crippen LogP contribution in [0, 0.1) is 13.8 Å². The topological polar surface area (TPSA) is 226 Å². The molecule has 16 nitrogen and oxygen atoms in total. The molecule has 2 atom stereocenters. The van der Waals surface area contributed by atoms with Gasteiger partial charge in [0, 0.05) is 5.69 Å². The Morgan fingerprint density at radius 2 is 1.32 bits per heavy atom. The second-order valence-corrected chi connectivity index (χ2v) is 7.74. The number of hydrogen-bond acceptors (Lipinski definition) is 14. The number of carbonyl (C=O) groups excluding carboxylic acids is 6. The molecule has 1 amide bonds. The number of amides is 1. The van der Waals surface area contributed by atoms with E-state index in [4.69, 9.17) is 5.11 Å². The van der Waals surface area contributed by atoms with Crippen molar-refractivity contribution in [2.75, 3.05) is 18.5 Å². The average molecular weight is 568 g/mol. The number of nitrogens with one attached hydrogen (secondary N) is 1. The van der Waals surface area contributed by atoms with Crippen molar-refractivity contribution in [1.29, 1.82) is 0 Å². The third kappa shape index (κ3) is 10.0. The van der Waals surface area contributed by atoms with Crippen LogP contribution >= 0.6 is 0 Å². The lowest BCUT2D eigenvalue weighted by Crippen LogP contribution is -2.29. The summed E-state index contributed by atoms with van der Waals surface area (Å²) in [6.07, 6.45) is 0.417. The van der Waals surface area contributed by atoms with Crippen LogP contribution in [0.4, 0.5) is 32.3 Å². The number of aryl methyl sites for hydroxylation is 2. The first-order chi connectivity index (χ1) is 19.6. The van der Waals surface area contributed by atoms with Gasteiger partial charge in [-0.1, -0.05) is 12.1 Å². The Hall–Kier alpha value is -5.94. The molecular formula is C25H20N4O12. The van der Waals surface area contributed by atoms with Gasteiger partial charge in [0.15, 0.2) is 0 Å². The molecule has 0 spiro atoms. The van der Waals surface area contributed by atoms with Gasteiger partial charge < -0.3 is 29.4 Å². The van der Waals surface area contributed by atoms with Gasteiger partial charge in [0.25, 0.3) is 5.91 Å². The maximum absolute atomic E-state index is 11.7. The highest BCUT2D eigenvalue weighted by Crippen LogP contribution is 2.24. The third-order valence-corrected chi connectivity index (χ3v) is 4.93. The number of rotatable bonds is 6. The summed E-state index contributed by atoms with van der Waals surface area (Å²) in [5.74, 6) is -1.68. The molecule has 2 heterocycles. The van der Waals surface area contributed by atoms with Gasteiger partial charge in [0.2, 0.25) is 30.4 Å². The number of hydrogen-bond donors (Lipinski definition) is 2. The van der Waals surface area contributed by atoms with Crippen molar-refractivity contribution in [3.05, 3.63) is 47.5 Å². The van der Waals surface area contributed by atoms with E-state index in [2.05, 4.69) is 39.2 Å². The van der Waals surface area contributed by atoms with Crippen LogP contribution in [-0.4, -0.2) is 73.0 Å². The highest BCUT2D eigenvalue weighted by atomic mass is 16.8. The van der Waals surface area contributed by atoms with Crippen LogP contribution in [0.5, 0.6) is 0 Å². The van der Waals surface area contributed by atoms with Crippen LogP contribution in [0.25, 0.3) is 0 Å². The molecule has 0 saturated carbocycles. The number of isocyanates is 3. The molecule has 0 aromatic heterocycles. The minimum absolute atomic E-state index is 0.115. The smallest absolute Gasteiger partial charge is 0.478 e. The van der Waals surface area contributed by atoms with E-state index in [0.717, 1.165) is 11.1 Å². The molecule has 0 radical (unpaired) electrons. The number of carboxylic acids is 1. The summed E-state index contributed by atoms with van der Waals surface area (Å²) in [5, 5.41) is 10.7. The molecule has 2 N–H and O–H groups in total. The van der Waals surface area contributed by atoms with Gasteiger partial charge in [-0.05, 0) is 49.2 Å². The molecule has 2 aromatic rings. The van der Waals surface area contributed by atoms with Gasteiger partial charge in [0.1, 0.15) is 13.2 Å². The molecular weight excluding hydrogens is 548 g/mol. The molecule has 41 heavy (non-hydrogen) atoms. The number of benzene rings is 2. The fraction of sp³-hybridized carbons (Fsp3) is 0.240. The Balaban J connectivity index is 0.000000232. The zero-order valence-electron chi connectivity index (χ0n) is 21.3. The van der Waals surface area contributed by atoms with E-state index in [1.807, 2.05) is 0 Å². The number of ether oxygens (including phenoxy) is 4. The van der Waals surface area contributed by atoms with Crippen LogP contribution in [-0.2, 0) is 42.9 Å². The average Bonchev–Trinajstić information content (AvgIpc) is 3.58. The van der Waals surface area contributed by atoms with Gasteiger partial charge >= 0.3 is 18.3 Å². The predicted molar refractivity (Wildman–Crippen MR) is 134 cm³/mol. The fourth-order valence-corrected chi connectivity index (χ4v) is 2.88. The second kappa shape index (κ2) is 15.5. The van der Waals surface area contributed by atoms with Crippen molar-refractivity contribution < 1.29 is 57.6 Å². The summed E-state index contributed by atoms with van der Waals surface area (Å²) in [4.78, 5) is 83.0. The van der Waals surface area contributed by atoms with E-state index in [9.17, 15) is 33.6 Å². The van der Waals surface area contributed by atoms with Crippen LogP contribution in [0.2, 0.25) is 0 Å². The van der Waals surface area contributed by atoms with E-state index < -0.39 is 36.4 Å². The van der Waals surface area contributed by atoms with Crippen molar-refractivity contribution in [2.45, 2.75) is 26.1 Å². The van der Waals surface area contributed by atoms with Gasteiger partial charge in [-0.25, -0.2) is 28.8 Å². The number of aliphatic carboxylic acids is 1. The Morgan fingerprint density at radius 3 is 1.78 bits per heavy atom. The van der Waals surface area contributed by atoms with E-state index in [1.54, 1.807) is 38.1 Å². The lowest BCUT2D eigenvalue weighted by Gasteiger charge is -2.09. The Morgan fingerprint density at radius 1 is 0.805 bits per heavy atom. The summed E-state index contributed by atoms with van der Waals surface area (Å²) < 4.78 is 17.5. The Labute approximate surface area is 230 Å². The molecule has 2 aliphatic rings. The summed E-state index contributed by atoms with van der Waals surface area (Å²) >= 11 is 0. The van der Waals surface area contributed by atoms with Crippen molar-refractivity contribution in [3.8, 4) is 0 Å². The van der Waals surface area contributed by atoms with Crippen molar-refractivity contribution >= 4 is 65.2 Å². The monoisotopic (exact) mass is 568 g/mol. The first kappa shape index (κ1) is 31.3. The number of anilines is 1. The van der Waals surface area contributed by atoms with Crippen LogP contribution in [0.15, 0.2) is 51.4 Å². The first-order valence-corrected chi connectivity index (χ1v) is 11.2. The SMILES string of the molecule is Cc1ccc(N=C=O)cc1N=C=O.Cc1ccc(NC(=O)C2COC(=O)O2)cc1N=C=O.O=C1OCC(C(=O)O)O1. The molecule has 2 aliphatic heterocycles. The molecule has 2 aromatic carbocycles. The first-order valence-electron chi connectivity index (χ1n) is 11.2. The van der Waals surface area contributed by atoms with Crippen molar-refractivity contribution in [2.24, 2.45) is 15.0 Å². The standard InChI is InChI=1S/C12H10N2O5.C9H6N2O2.C4H4O5/c1-7-2-3-8(4-9(7)13-6-15)14-11(16)10-5-18-12(17)19-10;1-7-2-3-8(10-5-12)4-9(7)11-6-13;5-3(6)2-1-8-4(7)9-2/h2-4,10H,5H2,1H3,(H,14,16);2-4H,1H3;2H,1H2,(H,5,6). The third-order valence-electron chi connectivity index (χ3n) is 4.93. The van der Waals surface area contributed by atoms with Crippen molar-refractivity contribution in [3.63, 3.8) is 0 Å². The summed E-state index contributed by atoms with van der Waals surface area (Å²) in [6, 6.07) is 9.74. The van der Waals surface area contributed by atoms with Crippen LogP contribution in [0.1, 0.15) is 11.1 Å². The summed E-state index contributed by atoms with van der Waals surface area (Å²) in [6.45, 7) is 3.27. The minimum Gasteiger partial charge on any atom is -0.478 e.